The van der Waals surface area contributed by atoms with Crippen LogP contribution in [0.5, 0.6) is 0 Å². The van der Waals surface area contributed by atoms with Crippen LogP contribution in [0, 0.1) is 0 Å². The van der Waals surface area contributed by atoms with Crippen LogP contribution in [0.2, 0.25) is 0 Å². The molecule has 0 aromatic carbocycles. The van der Waals surface area contributed by atoms with Crippen LogP contribution in [-0.4, -0.2) is 34.8 Å². The number of hydrogen-bond donors (Lipinski definition) is 2. The summed E-state index contributed by atoms with van der Waals surface area (Å²) in [6.07, 6.45) is 3.03. The molecule has 4 nitrogen and oxygen atoms in total. The molecule has 0 saturated carbocycles. The van der Waals surface area contributed by atoms with Gasteiger partial charge in [0.25, 0.3) is 0 Å². The number of carbonyl (C=O) groups is 2. The standard InChI is InChI=1S/C7H12O2S.C4H8O2S/c1-6(10)4-3-5-7(8)9-2;5-4(6)2-1-3-7/h3-5H2,1-2H3;7H,1-3H2,(H,5,6). The minimum atomic E-state index is -0.742. The summed E-state index contributed by atoms with van der Waals surface area (Å²) in [7, 11) is 1.40. The van der Waals surface area contributed by atoms with Gasteiger partial charge in [-0.05, 0) is 36.8 Å². The first-order valence-corrected chi connectivity index (χ1v) is 6.37. The van der Waals surface area contributed by atoms with Gasteiger partial charge in [-0.3, -0.25) is 9.59 Å². The fraction of sp³-hybridized carbons (Fsp3) is 0.727. The van der Waals surface area contributed by atoms with E-state index in [1.807, 2.05) is 6.92 Å². The molecule has 0 aromatic heterocycles. The topological polar surface area (TPSA) is 63.6 Å². The molecule has 0 saturated heterocycles. The van der Waals surface area contributed by atoms with Gasteiger partial charge in [-0.25, -0.2) is 0 Å². The molecule has 0 bridgehead atoms. The van der Waals surface area contributed by atoms with Gasteiger partial charge in [-0.1, -0.05) is 12.2 Å². The van der Waals surface area contributed by atoms with E-state index < -0.39 is 5.97 Å². The van der Waals surface area contributed by atoms with Crippen molar-refractivity contribution in [2.45, 2.75) is 39.0 Å². The fourth-order valence-electron chi connectivity index (χ4n) is 0.814. The average Bonchev–Trinajstić information content (AvgIpc) is 2.26. The van der Waals surface area contributed by atoms with Crippen molar-refractivity contribution in [3.63, 3.8) is 0 Å². The second-order valence-corrected chi connectivity index (χ2v) is 4.50. The van der Waals surface area contributed by atoms with E-state index in [0.717, 1.165) is 17.7 Å². The molecule has 0 aromatic rings. The molecule has 0 aliphatic carbocycles. The number of carboxylic acid groups (broad SMARTS) is 1. The summed E-state index contributed by atoms with van der Waals surface area (Å²) in [5, 5.41) is 8.01. The molecule has 6 heteroatoms. The van der Waals surface area contributed by atoms with Crippen LogP contribution in [0.4, 0.5) is 0 Å². The number of rotatable bonds is 7. The van der Waals surface area contributed by atoms with Crippen molar-refractivity contribution in [3.8, 4) is 0 Å². The fourth-order valence-corrected chi connectivity index (χ4v) is 1.12. The van der Waals surface area contributed by atoms with E-state index >= 15 is 0 Å². The zero-order valence-electron chi connectivity index (χ0n) is 10.3. The predicted molar refractivity (Wildman–Crippen MR) is 74.9 cm³/mol. The zero-order valence-corrected chi connectivity index (χ0v) is 12.0. The first kappa shape index (κ1) is 18.7. The van der Waals surface area contributed by atoms with Crippen LogP contribution in [0.3, 0.4) is 0 Å². The second-order valence-electron chi connectivity index (χ2n) is 3.35. The number of hydrogen-bond acceptors (Lipinski definition) is 5. The third-order valence-electron chi connectivity index (χ3n) is 1.69. The van der Waals surface area contributed by atoms with Gasteiger partial charge in [0.15, 0.2) is 0 Å². The zero-order chi connectivity index (χ0) is 13.7. The Morgan fingerprint density at radius 2 is 1.82 bits per heavy atom. The lowest BCUT2D eigenvalue weighted by atomic mass is 10.2. The van der Waals surface area contributed by atoms with Gasteiger partial charge in [-0.15, -0.1) is 0 Å². The lowest BCUT2D eigenvalue weighted by molar-refractivity contribution is -0.140. The van der Waals surface area contributed by atoms with E-state index in [9.17, 15) is 9.59 Å². The van der Waals surface area contributed by atoms with Crippen molar-refractivity contribution in [3.05, 3.63) is 0 Å². The number of esters is 1. The van der Waals surface area contributed by atoms with Gasteiger partial charge in [0.1, 0.15) is 0 Å². The summed E-state index contributed by atoms with van der Waals surface area (Å²) in [4.78, 5) is 21.2. The minimum absolute atomic E-state index is 0.156. The first-order valence-electron chi connectivity index (χ1n) is 5.33. The monoisotopic (exact) mass is 280 g/mol. The molecule has 0 heterocycles. The number of methoxy groups -OCH3 is 1. The molecule has 0 amide bonds. The van der Waals surface area contributed by atoms with Crippen LogP contribution in [0.25, 0.3) is 0 Å². The molecule has 1 N–H and O–H groups in total. The van der Waals surface area contributed by atoms with E-state index in [4.69, 9.17) is 17.3 Å². The van der Waals surface area contributed by atoms with Crippen molar-refractivity contribution in [1.29, 1.82) is 0 Å². The Labute approximate surface area is 113 Å². The highest BCUT2D eigenvalue weighted by molar-refractivity contribution is 7.80. The number of aliphatic carboxylic acids is 1. The van der Waals surface area contributed by atoms with E-state index in [2.05, 4.69) is 17.4 Å². The van der Waals surface area contributed by atoms with Gasteiger partial charge in [-0.2, -0.15) is 12.6 Å². The Balaban J connectivity index is 0. The average molecular weight is 280 g/mol. The normalized spacial score (nSPS) is 8.88. The van der Waals surface area contributed by atoms with E-state index in [1.54, 1.807) is 0 Å². The number of thiocarbonyl (C=S) groups is 1. The van der Waals surface area contributed by atoms with Crippen LogP contribution >= 0.6 is 24.8 Å². The second kappa shape index (κ2) is 13.4. The highest BCUT2D eigenvalue weighted by Crippen LogP contribution is 1.98. The summed E-state index contributed by atoms with van der Waals surface area (Å²) in [6.45, 7) is 1.88. The van der Waals surface area contributed by atoms with Gasteiger partial charge in [0, 0.05) is 12.8 Å². The molecule has 0 fully saturated rings. The predicted octanol–water partition coefficient (Wildman–Crippen LogP) is 2.50. The maximum Gasteiger partial charge on any atom is 0.305 e. The molecule has 0 aliphatic rings. The SMILES string of the molecule is COC(=O)CCCC(C)=S.O=C(O)CCCS. The van der Waals surface area contributed by atoms with Crippen molar-refractivity contribution < 1.29 is 19.4 Å². The lowest BCUT2D eigenvalue weighted by Gasteiger charge is -1.96. The van der Waals surface area contributed by atoms with Crippen LogP contribution < -0.4 is 0 Å². The molecule has 0 aliphatic heterocycles. The van der Waals surface area contributed by atoms with Crippen LogP contribution in [0.15, 0.2) is 0 Å². The largest absolute Gasteiger partial charge is 0.481 e. The maximum atomic E-state index is 10.5. The van der Waals surface area contributed by atoms with Crippen molar-refractivity contribution in [1.82, 2.24) is 0 Å². The van der Waals surface area contributed by atoms with Gasteiger partial charge >= 0.3 is 11.9 Å². The Kier molecular flexibility index (Phi) is 14.8. The smallest absolute Gasteiger partial charge is 0.305 e. The highest BCUT2D eigenvalue weighted by atomic mass is 32.1. The Bertz CT molecular complexity index is 242. The Hall–Kier alpha value is -0.620. The van der Waals surface area contributed by atoms with E-state index in [1.165, 1.54) is 7.11 Å². The minimum Gasteiger partial charge on any atom is -0.481 e. The summed E-state index contributed by atoms with van der Waals surface area (Å²) in [5.74, 6) is -0.239. The summed E-state index contributed by atoms with van der Waals surface area (Å²) >= 11 is 8.66. The van der Waals surface area contributed by atoms with Gasteiger partial charge < -0.3 is 9.84 Å². The summed E-state index contributed by atoms with van der Waals surface area (Å²) in [5.41, 5.74) is 0. The van der Waals surface area contributed by atoms with Gasteiger partial charge in [0.05, 0.1) is 7.11 Å². The molecular formula is C11H20O4S2. The number of carboxylic acids is 1. The summed E-state index contributed by atoms with van der Waals surface area (Å²) in [6, 6.07) is 0. The molecule has 0 rings (SSSR count). The third kappa shape index (κ3) is 21.3. The number of ether oxygens (including phenoxy) is 1. The summed E-state index contributed by atoms with van der Waals surface area (Å²) < 4.78 is 4.45. The molecular weight excluding hydrogens is 260 g/mol. The molecule has 0 radical (unpaired) electrons. The maximum absolute atomic E-state index is 10.5. The third-order valence-corrected chi connectivity index (χ3v) is 2.21. The van der Waals surface area contributed by atoms with E-state index in [-0.39, 0.29) is 12.4 Å². The van der Waals surface area contributed by atoms with Crippen LogP contribution in [0.1, 0.15) is 39.0 Å². The molecule has 0 unspecified atom stereocenters. The van der Waals surface area contributed by atoms with Crippen LogP contribution in [-0.2, 0) is 14.3 Å². The Morgan fingerprint density at radius 3 is 2.12 bits per heavy atom. The van der Waals surface area contributed by atoms with E-state index in [0.29, 0.717) is 18.6 Å². The quantitative estimate of drug-likeness (QED) is 0.426. The Morgan fingerprint density at radius 1 is 1.24 bits per heavy atom. The van der Waals surface area contributed by atoms with Crippen molar-refractivity contribution >= 4 is 41.6 Å². The lowest BCUT2D eigenvalue weighted by Crippen LogP contribution is -2.00. The molecule has 0 spiro atoms. The number of thiol groups is 1. The molecule has 0 atom stereocenters. The number of carbonyl (C=O) groups excluding carboxylic acids is 1. The van der Waals surface area contributed by atoms with Gasteiger partial charge in [0.2, 0.25) is 0 Å². The molecule has 17 heavy (non-hydrogen) atoms. The highest BCUT2D eigenvalue weighted by Gasteiger charge is 1.98. The van der Waals surface area contributed by atoms with Crippen molar-refractivity contribution in [2.24, 2.45) is 0 Å². The molecule has 100 valence electrons. The first-order chi connectivity index (χ1) is 7.93. The van der Waals surface area contributed by atoms with Crippen molar-refractivity contribution in [2.75, 3.05) is 12.9 Å².